The van der Waals surface area contributed by atoms with E-state index in [-0.39, 0.29) is 11.7 Å². The normalized spacial score (nSPS) is 15.3. The number of hydrogen-bond acceptors (Lipinski definition) is 3. The Kier molecular flexibility index (Phi) is 5.55. The predicted octanol–water partition coefficient (Wildman–Crippen LogP) is 4.11. The molecule has 1 N–H and O–H groups in total. The minimum absolute atomic E-state index is 0.0631. The van der Waals surface area contributed by atoms with Gasteiger partial charge in [0.2, 0.25) is 0 Å². The number of piperidine rings is 1. The van der Waals surface area contributed by atoms with Crippen LogP contribution in [0.4, 0.5) is 4.39 Å². The molecule has 0 saturated carbocycles. The molecule has 1 fully saturated rings. The van der Waals surface area contributed by atoms with Gasteiger partial charge in [0, 0.05) is 19.6 Å². The molecule has 3 heterocycles. The second kappa shape index (κ2) is 8.23. The fourth-order valence-electron chi connectivity index (χ4n) is 3.75. The quantitative estimate of drug-likeness (QED) is 0.693. The molecule has 0 atom stereocenters. The fraction of sp³-hybridized carbons (Fsp3) is 0.381. The van der Waals surface area contributed by atoms with E-state index in [2.05, 4.69) is 10.2 Å². The highest BCUT2D eigenvalue weighted by molar-refractivity contribution is 7.17. The largest absolute Gasteiger partial charge is 0.349 e. The van der Waals surface area contributed by atoms with Crippen LogP contribution in [-0.4, -0.2) is 41.6 Å². The molecule has 1 aliphatic heterocycles. The van der Waals surface area contributed by atoms with Gasteiger partial charge in [-0.1, -0.05) is 18.6 Å². The van der Waals surface area contributed by atoms with Crippen LogP contribution in [0, 0.1) is 5.82 Å². The highest BCUT2D eigenvalue weighted by Gasteiger charge is 2.17. The Bertz CT molecular complexity index is 927. The lowest BCUT2D eigenvalue weighted by molar-refractivity contribution is 0.0938. The summed E-state index contributed by atoms with van der Waals surface area (Å²) >= 11 is 1.62. The molecule has 3 aromatic rings. The number of carbonyl (C=O) groups is 1. The van der Waals surface area contributed by atoms with Gasteiger partial charge in [-0.15, -0.1) is 11.3 Å². The van der Waals surface area contributed by atoms with Crippen molar-refractivity contribution in [1.29, 1.82) is 0 Å². The lowest BCUT2D eigenvalue weighted by Crippen LogP contribution is -2.38. The molecule has 1 saturated heterocycles. The van der Waals surface area contributed by atoms with Crippen molar-refractivity contribution in [2.24, 2.45) is 0 Å². The number of aromatic nitrogens is 1. The van der Waals surface area contributed by atoms with E-state index in [1.54, 1.807) is 17.4 Å². The molecule has 4 nitrogen and oxygen atoms in total. The van der Waals surface area contributed by atoms with Crippen molar-refractivity contribution >= 4 is 27.5 Å². The van der Waals surface area contributed by atoms with E-state index in [4.69, 9.17) is 0 Å². The zero-order valence-electron chi connectivity index (χ0n) is 15.3. The summed E-state index contributed by atoms with van der Waals surface area (Å²) in [6.07, 6.45) is 3.81. The number of rotatable bonds is 6. The Morgan fingerprint density at radius 2 is 2.00 bits per heavy atom. The molecule has 27 heavy (non-hydrogen) atoms. The third kappa shape index (κ3) is 4.22. The molecule has 0 bridgehead atoms. The minimum Gasteiger partial charge on any atom is -0.349 e. The molecule has 1 aliphatic rings. The summed E-state index contributed by atoms with van der Waals surface area (Å²) in [6.45, 7) is 4.28. The summed E-state index contributed by atoms with van der Waals surface area (Å²) < 4.78 is 16.6. The summed E-state index contributed by atoms with van der Waals surface area (Å²) in [4.78, 5) is 15.2. The molecule has 0 unspecified atom stereocenters. The number of hydrogen-bond donors (Lipinski definition) is 1. The number of amides is 1. The molecule has 4 rings (SSSR count). The average molecular weight is 386 g/mol. The molecule has 1 amide bonds. The lowest BCUT2D eigenvalue weighted by Gasteiger charge is -2.26. The number of halogens is 1. The van der Waals surface area contributed by atoms with Crippen LogP contribution < -0.4 is 5.32 Å². The molecular formula is C21H24FN3OS. The van der Waals surface area contributed by atoms with Crippen molar-refractivity contribution in [2.75, 3.05) is 26.2 Å². The molecule has 1 aromatic carbocycles. The first-order valence-corrected chi connectivity index (χ1v) is 10.4. The molecule has 0 radical (unpaired) electrons. The van der Waals surface area contributed by atoms with Gasteiger partial charge in [-0.2, -0.15) is 0 Å². The van der Waals surface area contributed by atoms with Crippen LogP contribution in [0.2, 0.25) is 0 Å². The third-order valence-electron chi connectivity index (χ3n) is 5.15. The first-order chi connectivity index (χ1) is 13.2. The minimum atomic E-state index is -0.256. The maximum atomic E-state index is 13.6. The predicted molar refractivity (Wildman–Crippen MR) is 108 cm³/mol. The Hall–Kier alpha value is -2.18. The van der Waals surface area contributed by atoms with E-state index in [0.29, 0.717) is 18.8 Å². The lowest BCUT2D eigenvalue weighted by atomic mass is 10.1. The van der Waals surface area contributed by atoms with Gasteiger partial charge in [0.15, 0.2) is 0 Å². The monoisotopic (exact) mass is 385 g/mol. The number of likely N-dealkylation sites (tertiary alicyclic amines) is 1. The molecule has 142 valence electrons. The first kappa shape index (κ1) is 18.2. The van der Waals surface area contributed by atoms with E-state index >= 15 is 0 Å². The number of nitrogens with zero attached hydrogens (tertiary/aromatic N) is 2. The van der Waals surface area contributed by atoms with Crippen molar-refractivity contribution in [3.05, 3.63) is 58.9 Å². The SMILES string of the molecule is O=C(NCCN1CCCCC1)c1cc2sccc2n1Cc1cccc(F)c1. The number of carbonyl (C=O) groups excluding carboxylic acids is 1. The fourth-order valence-corrected chi connectivity index (χ4v) is 4.58. The van der Waals surface area contributed by atoms with Crippen molar-refractivity contribution in [3.8, 4) is 0 Å². The molecular weight excluding hydrogens is 361 g/mol. The van der Waals surface area contributed by atoms with Crippen LogP contribution in [0.15, 0.2) is 41.8 Å². The van der Waals surface area contributed by atoms with Crippen molar-refractivity contribution in [2.45, 2.75) is 25.8 Å². The molecule has 6 heteroatoms. The molecule has 2 aromatic heterocycles. The van der Waals surface area contributed by atoms with Gasteiger partial charge in [0.1, 0.15) is 11.5 Å². The summed E-state index contributed by atoms with van der Waals surface area (Å²) in [5.74, 6) is -0.319. The van der Waals surface area contributed by atoms with Crippen LogP contribution in [0.1, 0.15) is 35.3 Å². The van der Waals surface area contributed by atoms with Gasteiger partial charge in [-0.05, 0) is 61.1 Å². The molecule has 0 spiro atoms. The van der Waals surface area contributed by atoms with Gasteiger partial charge in [-0.3, -0.25) is 4.79 Å². The van der Waals surface area contributed by atoms with E-state index < -0.39 is 0 Å². The van der Waals surface area contributed by atoms with Gasteiger partial charge < -0.3 is 14.8 Å². The summed E-state index contributed by atoms with van der Waals surface area (Å²) in [5.41, 5.74) is 2.51. The topological polar surface area (TPSA) is 37.3 Å². The zero-order valence-corrected chi connectivity index (χ0v) is 16.1. The second-order valence-corrected chi connectivity index (χ2v) is 8.02. The maximum Gasteiger partial charge on any atom is 0.268 e. The van der Waals surface area contributed by atoms with Gasteiger partial charge in [-0.25, -0.2) is 4.39 Å². The number of benzene rings is 1. The average Bonchev–Trinajstić information content (AvgIpc) is 3.25. The van der Waals surface area contributed by atoms with Crippen LogP contribution >= 0.6 is 11.3 Å². The number of fused-ring (bicyclic) bond motifs is 1. The van der Waals surface area contributed by atoms with E-state index in [0.717, 1.165) is 35.4 Å². The van der Waals surface area contributed by atoms with Crippen LogP contribution in [0.25, 0.3) is 10.2 Å². The standard InChI is InChI=1S/C21H24FN3OS/c22-17-6-4-5-16(13-17)15-25-18-7-12-27-20(18)14-19(25)21(26)23-8-11-24-9-2-1-3-10-24/h4-7,12-14H,1-3,8-11,15H2,(H,23,26). The van der Waals surface area contributed by atoms with Gasteiger partial charge >= 0.3 is 0 Å². The smallest absolute Gasteiger partial charge is 0.268 e. The van der Waals surface area contributed by atoms with Crippen molar-refractivity contribution in [3.63, 3.8) is 0 Å². The van der Waals surface area contributed by atoms with Crippen LogP contribution in [0.5, 0.6) is 0 Å². The van der Waals surface area contributed by atoms with Crippen LogP contribution in [0.3, 0.4) is 0 Å². The van der Waals surface area contributed by atoms with Crippen LogP contribution in [-0.2, 0) is 6.54 Å². The first-order valence-electron chi connectivity index (χ1n) is 9.52. The summed E-state index contributed by atoms with van der Waals surface area (Å²) in [5, 5.41) is 5.08. The summed E-state index contributed by atoms with van der Waals surface area (Å²) in [6, 6.07) is 10.5. The number of nitrogens with one attached hydrogen (secondary N) is 1. The Morgan fingerprint density at radius 3 is 2.81 bits per heavy atom. The van der Waals surface area contributed by atoms with Gasteiger partial charge in [0.25, 0.3) is 5.91 Å². The Morgan fingerprint density at radius 1 is 1.15 bits per heavy atom. The van der Waals surface area contributed by atoms with Crippen molar-refractivity contribution < 1.29 is 9.18 Å². The van der Waals surface area contributed by atoms with Crippen molar-refractivity contribution in [1.82, 2.24) is 14.8 Å². The van der Waals surface area contributed by atoms with E-state index in [1.165, 1.54) is 31.4 Å². The maximum absolute atomic E-state index is 13.6. The number of thiophene rings is 1. The third-order valence-corrected chi connectivity index (χ3v) is 6.00. The van der Waals surface area contributed by atoms with E-state index in [1.807, 2.05) is 28.1 Å². The molecule has 0 aliphatic carbocycles. The highest BCUT2D eigenvalue weighted by atomic mass is 32.1. The Labute approximate surface area is 162 Å². The second-order valence-electron chi connectivity index (χ2n) is 7.07. The zero-order chi connectivity index (χ0) is 18.6. The Balaban J connectivity index is 1.48. The van der Waals surface area contributed by atoms with E-state index in [9.17, 15) is 9.18 Å². The van der Waals surface area contributed by atoms with Gasteiger partial charge in [0.05, 0.1) is 10.2 Å². The highest BCUT2D eigenvalue weighted by Crippen LogP contribution is 2.26. The summed E-state index contributed by atoms with van der Waals surface area (Å²) in [7, 11) is 0.